The van der Waals surface area contributed by atoms with E-state index in [4.69, 9.17) is 5.73 Å². The Balaban J connectivity index is 2.72. The molecule has 0 radical (unpaired) electrons. The van der Waals surface area contributed by atoms with Gasteiger partial charge in [0, 0.05) is 12.5 Å². The van der Waals surface area contributed by atoms with Crippen LogP contribution in [0.2, 0.25) is 0 Å². The largest absolute Gasteiger partial charge is 0.330 e. The highest BCUT2D eigenvalue weighted by Gasteiger charge is 2.20. The van der Waals surface area contributed by atoms with Crippen LogP contribution in [-0.4, -0.2) is 13.0 Å². The molecule has 0 heterocycles. The van der Waals surface area contributed by atoms with Crippen molar-refractivity contribution in [3.8, 4) is 0 Å². The lowest BCUT2D eigenvalue weighted by Crippen LogP contribution is -2.24. The number of hydrogen-bond donors (Lipinski definition) is 1. The molecular weight excluding hydrogens is 191 g/mol. The molecule has 0 aliphatic rings. The fraction of sp³-hybridized carbons (Fsp3) is 0.400. The van der Waals surface area contributed by atoms with E-state index in [1.165, 1.54) is 18.2 Å². The van der Waals surface area contributed by atoms with E-state index in [0.717, 1.165) is 0 Å². The van der Waals surface area contributed by atoms with E-state index in [-0.39, 0.29) is 13.0 Å². The molecule has 0 amide bonds. The maximum Gasteiger partial charge on any atom is 0.242 e. The minimum absolute atomic E-state index is 0.0131. The third-order valence-corrected chi connectivity index (χ3v) is 2.10. The van der Waals surface area contributed by atoms with Crippen molar-refractivity contribution >= 4 is 0 Å². The van der Waals surface area contributed by atoms with Crippen LogP contribution >= 0.6 is 0 Å². The second-order valence-electron chi connectivity index (χ2n) is 3.13. The van der Waals surface area contributed by atoms with Gasteiger partial charge < -0.3 is 5.73 Å². The van der Waals surface area contributed by atoms with Crippen LogP contribution in [0.25, 0.3) is 0 Å². The Hall–Kier alpha value is -1.03. The summed E-state index contributed by atoms with van der Waals surface area (Å²) in [7, 11) is 0. The van der Waals surface area contributed by atoms with E-state index >= 15 is 0 Å². The lowest BCUT2D eigenvalue weighted by Gasteiger charge is -2.13. The molecule has 0 saturated carbocycles. The molecule has 1 atom stereocenters. The summed E-state index contributed by atoms with van der Waals surface area (Å²) in [5.41, 5.74) is 5.46. The maximum absolute atomic E-state index is 13.1. The summed E-state index contributed by atoms with van der Waals surface area (Å²) in [6.45, 7) is -0.133. The molecule has 0 aliphatic carbocycles. The predicted molar refractivity (Wildman–Crippen MR) is 48.7 cm³/mol. The highest BCUT2D eigenvalue weighted by atomic mass is 19.3. The van der Waals surface area contributed by atoms with Crippen LogP contribution in [0.1, 0.15) is 5.56 Å². The van der Waals surface area contributed by atoms with Gasteiger partial charge in [-0.2, -0.15) is 0 Å². The van der Waals surface area contributed by atoms with Gasteiger partial charge >= 0.3 is 0 Å². The standard InChI is InChI=1S/C10H12F3N/c11-9-4-2-1-3-7(9)5-8(6-14)10(12)13/h1-4,8,10H,5-6,14H2. The van der Waals surface area contributed by atoms with E-state index in [2.05, 4.69) is 0 Å². The number of alkyl halides is 2. The maximum atomic E-state index is 13.1. The topological polar surface area (TPSA) is 26.0 Å². The number of halogens is 3. The molecule has 0 aromatic heterocycles. The number of nitrogens with two attached hydrogens (primary N) is 1. The predicted octanol–water partition coefficient (Wildman–Crippen LogP) is 2.21. The summed E-state index contributed by atoms with van der Waals surface area (Å²) in [4.78, 5) is 0. The van der Waals surface area contributed by atoms with Crippen molar-refractivity contribution in [2.45, 2.75) is 12.8 Å². The van der Waals surface area contributed by atoms with Gasteiger partial charge in [-0.3, -0.25) is 0 Å². The van der Waals surface area contributed by atoms with Crippen molar-refractivity contribution in [3.63, 3.8) is 0 Å². The lowest BCUT2D eigenvalue weighted by atomic mass is 9.99. The van der Waals surface area contributed by atoms with Crippen molar-refractivity contribution in [2.75, 3.05) is 6.54 Å². The van der Waals surface area contributed by atoms with E-state index in [0.29, 0.717) is 5.56 Å². The Morgan fingerprint density at radius 2 is 1.86 bits per heavy atom. The summed E-state index contributed by atoms with van der Waals surface area (Å²) in [6.07, 6.45) is -2.51. The first-order valence-electron chi connectivity index (χ1n) is 4.36. The van der Waals surface area contributed by atoms with E-state index in [1.807, 2.05) is 0 Å². The van der Waals surface area contributed by atoms with Gasteiger partial charge in [-0.25, -0.2) is 13.2 Å². The Labute approximate surface area is 80.7 Å². The zero-order valence-electron chi connectivity index (χ0n) is 7.59. The van der Waals surface area contributed by atoms with E-state index in [9.17, 15) is 13.2 Å². The molecule has 1 aromatic carbocycles. The van der Waals surface area contributed by atoms with Gasteiger partial charge in [-0.05, 0) is 18.1 Å². The smallest absolute Gasteiger partial charge is 0.242 e. The fourth-order valence-electron chi connectivity index (χ4n) is 1.22. The summed E-state index contributed by atoms with van der Waals surface area (Å²) >= 11 is 0. The molecule has 0 saturated heterocycles. The van der Waals surface area contributed by atoms with Gasteiger partial charge in [0.1, 0.15) is 5.82 Å². The SMILES string of the molecule is NCC(Cc1ccccc1F)C(F)F. The number of benzene rings is 1. The van der Waals surface area contributed by atoms with Gasteiger partial charge in [0.25, 0.3) is 0 Å². The van der Waals surface area contributed by atoms with Crippen molar-refractivity contribution in [1.29, 1.82) is 0 Å². The molecule has 0 fully saturated rings. The van der Waals surface area contributed by atoms with Crippen LogP contribution in [0, 0.1) is 11.7 Å². The normalized spacial score (nSPS) is 13.2. The van der Waals surface area contributed by atoms with Crippen LogP contribution in [-0.2, 0) is 6.42 Å². The first kappa shape index (κ1) is 11.0. The molecule has 1 rings (SSSR count). The van der Waals surface area contributed by atoms with Crippen LogP contribution in [0.4, 0.5) is 13.2 Å². The van der Waals surface area contributed by atoms with Crippen LogP contribution in [0.5, 0.6) is 0 Å². The van der Waals surface area contributed by atoms with Gasteiger partial charge in [-0.15, -0.1) is 0 Å². The lowest BCUT2D eigenvalue weighted by molar-refractivity contribution is 0.0810. The molecule has 1 nitrogen and oxygen atoms in total. The first-order valence-corrected chi connectivity index (χ1v) is 4.36. The van der Waals surface area contributed by atoms with Crippen LogP contribution < -0.4 is 5.73 Å². The van der Waals surface area contributed by atoms with Crippen LogP contribution in [0.3, 0.4) is 0 Å². The summed E-state index contributed by atoms with van der Waals surface area (Å²) in [5.74, 6) is -1.42. The second kappa shape index (κ2) is 5.00. The zero-order valence-corrected chi connectivity index (χ0v) is 7.59. The molecule has 14 heavy (non-hydrogen) atoms. The Bertz CT molecular complexity index is 288. The van der Waals surface area contributed by atoms with Crippen molar-refractivity contribution in [2.24, 2.45) is 11.7 Å². The Morgan fingerprint density at radius 3 is 2.36 bits per heavy atom. The molecule has 1 unspecified atom stereocenters. The molecule has 1 aromatic rings. The molecule has 0 spiro atoms. The van der Waals surface area contributed by atoms with E-state index in [1.54, 1.807) is 6.07 Å². The summed E-state index contributed by atoms with van der Waals surface area (Å²) < 4.78 is 37.7. The summed E-state index contributed by atoms with van der Waals surface area (Å²) in [6, 6.07) is 5.91. The molecule has 0 bridgehead atoms. The monoisotopic (exact) mass is 203 g/mol. The van der Waals surface area contributed by atoms with Crippen LogP contribution in [0.15, 0.2) is 24.3 Å². The zero-order chi connectivity index (χ0) is 10.6. The third-order valence-electron chi connectivity index (χ3n) is 2.10. The Morgan fingerprint density at radius 1 is 1.21 bits per heavy atom. The minimum Gasteiger partial charge on any atom is -0.330 e. The van der Waals surface area contributed by atoms with E-state index < -0.39 is 18.2 Å². The number of hydrogen-bond acceptors (Lipinski definition) is 1. The minimum atomic E-state index is -2.50. The quantitative estimate of drug-likeness (QED) is 0.797. The third kappa shape index (κ3) is 2.73. The van der Waals surface area contributed by atoms with Crippen molar-refractivity contribution in [1.82, 2.24) is 0 Å². The van der Waals surface area contributed by atoms with Gasteiger partial charge in [0.15, 0.2) is 0 Å². The molecule has 2 N–H and O–H groups in total. The van der Waals surface area contributed by atoms with Crippen molar-refractivity contribution in [3.05, 3.63) is 35.6 Å². The second-order valence-corrected chi connectivity index (χ2v) is 3.13. The van der Waals surface area contributed by atoms with Gasteiger partial charge in [-0.1, -0.05) is 18.2 Å². The highest BCUT2D eigenvalue weighted by Crippen LogP contribution is 2.17. The fourth-order valence-corrected chi connectivity index (χ4v) is 1.22. The number of rotatable bonds is 4. The van der Waals surface area contributed by atoms with Gasteiger partial charge in [0.05, 0.1) is 0 Å². The average Bonchev–Trinajstić information content (AvgIpc) is 2.16. The van der Waals surface area contributed by atoms with Gasteiger partial charge in [0.2, 0.25) is 6.43 Å². The summed E-state index contributed by atoms with van der Waals surface area (Å²) in [5, 5.41) is 0. The van der Waals surface area contributed by atoms with Crippen molar-refractivity contribution < 1.29 is 13.2 Å². The molecule has 4 heteroatoms. The average molecular weight is 203 g/mol. The highest BCUT2D eigenvalue weighted by molar-refractivity contribution is 5.17. The first-order chi connectivity index (χ1) is 6.65. The molecule has 78 valence electrons. The molecule has 0 aliphatic heterocycles. The molecular formula is C10H12F3N. The Kier molecular flexibility index (Phi) is 3.95.